The van der Waals surface area contributed by atoms with Crippen LogP contribution in [0, 0.1) is 0 Å². The molecule has 5 nitrogen and oxygen atoms in total. The second-order valence-electron chi connectivity index (χ2n) is 6.54. The lowest BCUT2D eigenvalue weighted by atomic mass is 10.0. The molecule has 0 saturated carbocycles. The molecular formula is C22H14ClN3O2S. The molecule has 142 valence electrons. The van der Waals surface area contributed by atoms with Gasteiger partial charge in [-0.05, 0) is 29.0 Å². The summed E-state index contributed by atoms with van der Waals surface area (Å²) in [6, 6.07) is 23.7. The highest BCUT2D eigenvalue weighted by atomic mass is 35.5. The van der Waals surface area contributed by atoms with Crippen molar-refractivity contribution in [2.45, 2.75) is 4.90 Å². The van der Waals surface area contributed by atoms with E-state index in [-0.39, 0.29) is 15.7 Å². The maximum atomic E-state index is 13.6. The first kappa shape index (κ1) is 17.8. The average molecular weight is 420 g/mol. The van der Waals surface area contributed by atoms with Crippen molar-refractivity contribution in [2.24, 2.45) is 0 Å². The summed E-state index contributed by atoms with van der Waals surface area (Å²) in [6.45, 7) is 0. The first-order valence-electron chi connectivity index (χ1n) is 8.88. The maximum absolute atomic E-state index is 13.6. The van der Waals surface area contributed by atoms with Gasteiger partial charge < -0.3 is 0 Å². The zero-order valence-corrected chi connectivity index (χ0v) is 16.6. The second kappa shape index (κ2) is 6.69. The van der Waals surface area contributed by atoms with Crippen LogP contribution in [0.5, 0.6) is 0 Å². The topological polar surface area (TPSA) is 64.8 Å². The Kier molecular flexibility index (Phi) is 4.12. The van der Waals surface area contributed by atoms with Gasteiger partial charge in [-0.15, -0.1) is 0 Å². The van der Waals surface area contributed by atoms with E-state index in [0.29, 0.717) is 11.1 Å². The van der Waals surface area contributed by atoms with Crippen LogP contribution in [0.3, 0.4) is 0 Å². The molecule has 0 aliphatic rings. The Balaban J connectivity index is 1.93. The van der Waals surface area contributed by atoms with Gasteiger partial charge in [0.05, 0.1) is 16.0 Å². The molecule has 0 spiro atoms. The number of benzene rings is 3. The third kappa shape index (κ3) is 2.80. The molecule has 5 aromatic rings. The molecule has 0 bridgehead atoms. The van der Waals surface area contributed by atoms with Gasteiger partial charge in [0, 0.05) is 5.56 Å². The third-order valence-electron chi connectivity index (χ3n) is 4.85. The third-order valence-corrected chi connectivity index (χ3v) is 6.87. The number of nitrogens with zero attached hydrogens (tertiary/aromatic N) is 3. The van der Waals surface area contributed by atoms with E-state index < -0.39 is 10.0 Å². The van der Waals surface area contributed by atoms with Gasteiger partial charge >= 0.3 is 0 Å². The largest absolute Gasteiger partial charge is 0.269 e. The fourth-order valence-corrected chi connectivity index (χ4v) is 5.22. The molecule has 0 aliphatic carbocycles. The minimum absolute atomic E-state index is 0.175. The van der Waals surface area contributed by atoms with Crippen LogP contribution in [-0.2, 0) is 10.0 Å². The van der Waals surface area contributed by atoms with Crippen LogP contribution in [0.15, 0.2) is 90.1 Å². The predicted octanol–water partition coefficient (Wildman–Crippen LogP) is 5.14. The molecule has 3 aromatic carbocycles. The van der Waals surface area contributed by atoms with E-state index in [9.17, 15) is 8.42 Å². The van der Waals surface area contributed by atoms with Crippen molar-refractivity contribution in [3.63, 3.8) is 0 Å². The Labute approximate surface area is 172 Å². The first-order valence-corrected chi connectivity index (χ1v) is 10.7. The maximum Gasteiger partial charge on any atom is 0.269 e. The van der Waals surface area contributed by atoms with Crippen molar-refractivity contribution in [2.75, 3.05) is 0 Å². The fourth-order valence-electron chi connectivity index (χ4n) is 3.54. The van der Waals surface area contributed by atoms with Gasteiger partial charge in [0.2, 0.25) is 0 Å². The molecule has 0 atom stereocenters. The molecular weight excluding hydrogens is 406 g/mol. The van der Waals surface area contributed by atoms with Crippen LogP contribution < -0.4 is 0 Å². The molecule has 0 saturated heterocycles. The Bertz CT molecular complexity index is 1470. The van der Waals surface area contributed by atoms with E-state index in [4.69, 9.17) is 11.6 Å². The highest BCUT2D eigenvalue weighted by Gasteiger charge is 2.26. The number of rotatable bonds is 3. The Hall–Kier alpha value is -3.22. The number of hydrogen-bond acceptors (Lipinski definition) is 4. The normalized spacial score (nSPS) is 11.9. The summed E-state index contributed by atoms with van der Waals surface area (Å²) < 4.78 is 28.5. The highest BCUT2D eigenvalue weighted by molar-refractivity contribution is 7.90. The van der Waals surface area contributed by atoms with E-state index in [2.05, 4.69) is 9.97 Å². The summed E-state index contributed by atoms with van der Waals surface area (Å²) in [6.07, 6.45) is 1.27. The Morgan fingerprint density at radius 1 is 0.793 bits per heavy atom. The van der Waals surface area contributed by atoms with E-state index in [0.717, 1.165) is 16.3 Å². The quantitative estimate of drug-likeness (QED) is 0.380. The summed E-state index contributed by atoms with van der Waals surface area (Å²) in [5.74, 6) is 0. The molecule has 0 unspecified atom stereocenters. The number of halogens is 1. The first-order chi connectivity index (χ1) is 14.1. The monoisotopic (exact) mass is 419 g/mol. The van der Waals surface area contributed by atoms with Crippen molar-refractivity contribution < 1.29 is 8.42 Å². The average Bonchev–Trinajstić information content (AvgIpc) is 3.15. The van der Waals surface area contributed by atoms with Gasteiger partial charge in [-0.1, -0.05) is 72.3 Å². The standard InChI is InChI=1S/C22H14ClN3O2S/c23-21-19-13-20(18-12-6-8-15-7-4-5-11-17(15)18)26(22(19)25-14-24-21)29(27,28)16-9-2-1-3-10-16/h1-14H. The van der Waals surface area contributed by atoms with Crippen molar-refractivity contribution >= 4 is 43.4 Å². The number of fused-ring (bicyclic) bond motifs is 2. The summed E-state index contributed by atoms with van der Waals surface area (Å²) in [7, 11) is -3.92. The number of hydrogen-bond donors (Lipinski definition) is 0. The van der Waals surface area contributed by atoms with Gasteiger partial charge in [0.25, 0.3) is 10.0 Å². The molecule has 2 heterocycles. The van der Waals surface area contributed by atoms with E-state index in [1.807, 2.05) is 42.5 Å². The molecule has 0 radical (unpaired) electrons. The Morgan fingerprint density at radius 2 is 1.52 bits per heavy atom. The molecule has 2 aromatic heterocycles. The predicted molar refractivity (Wildman–Crippen MR) is 115 cm³/mol. The van der Waals surface area contributed by atoms with Crippen LogP contribution in [0.1, 0.15) is 0 Å². The van der Waals surface area contributed by atoms with Crippen molar-refractivity contribution in [3.05, 3.63) is 90.3 Å². The zero-order chi connectivity index (χ0) is 20.0. The molecule has 0 N–H and O–H groups in total. The van der Waals surface area contributed by atoms with E-state index >= 15 is 0 Å². The van der Waals surface area contributed by atoms with Gasteiger partial charge in [0.15, 0.2) is 5.65 Å². The lowest BCUT2D eigenvalue weighted by Gasteiger charge is -2.13. The second-order valence-corrected chi connectivity index (χ2v) is 8.69. The van der Waals surface area contributed by atoms with Crippen molar-refractivity contribution in [1.29, 1.82) is 0 Å². The van der Waals surface area contributed by atoms with Crippen LogP contribution in [0.2, 0.25) is 5.15 Å². The van der Waals surface area contributed by atoms with Gasteiger partial charge in [-0.2, -0.15) is 0 Å². The van der Waals surface area contributed by atoms with Gasteiger partial charge in [-0.25, -0.2) is 22.4 Å². The highest BCUT2D eigenvalue weighted by Crippen LogP contribution is 2.36. The van der Waals surface area contributed by atoms with Crippen molar-refractivity contribution in [1.82, 2.24) is 13.9 Å². The molecule has 7 heteroatoms. The van der Waals surface area contributed by atoms with Crippen LogP contribution >= 0.6 is 11.6 Å². The Morgan fingerprint density at radius 3 is 2.34 bits per heavy atom. The molecule has 29 heavy (non-hydrogen) atoms. The summed E-state index contributed by atoms with van der Waals surface area (Å²) in [5, 5.41) is 2.64. The van der Waals surface area contributed by atoms with Crippen LogP contribution in [-0.4, -0.2) is 22.4 Å². The fraction of sp³-hybridized carbons (Fsp3) is 0. The van der Waals surface area contributed by atoms with Crippen LogP contribution in [0.25, 0.3) is 33.1 Å². The molecule has 0 amide bonds. The SMILES string of the molecule is O=S(=O)(c1ccccc1)n1c(-c2cccc3ccccc23)cc2c(Cl)ncnc21. The van der Waals surface area contributed by atoms with Gasteiger partial charge in [-0.3, -0.25) is 0 Å². The zero-order valence-electron chi connectivity index (χ0n) is 15.0. The molecule has 0 fully saturated rings. The lowest BCUT2D eigenvalue weighted by Crippen LogP contribution is -2.14. The van der Waals surface area contributed by atoms with E-state index in [1.165, 1.54) is 10.3 Å². The lowest BCUT2D eigenvalue weighted by molar-refractivity contribution is 0.589. The summed E-state index contributed by atoms with van der Waals surface area (Å²) in [5.41, 5.74) is 1.51. The summed E-state index contributed by atoms with van der Waals surface area (Å²) in [4.78, 5) is 8.44. The molecule has 0 aliphatic heterocycles. The molecule has 5 rings (SSSR count). The van der Waals surface area contributed by atoms with E-state index in [1.54, 1.807) is 36.4 Å². The minimum atomic E-state index is -3.92. The smallest absolute Gasteiger partial charge is 0.224 e. The van der Waals surface area contributed by atoms with Gasteiger partial charge in [0.1, 0.15) is 11.5 Å². The number of aromatic nitrogens is 3. The summed E-state index contributed by atoms with van der Waals surface area (Å²) >= 11 is 6.28. The van der Waals surface area contributed by atoms with Crippen molar-refractivity contribution in [3.8, 4) is 11.3 Å². The van der Waals surface area contributed by atoms with Crippen LogP contribution in [0.4, 0.5) is 0 Å². The minimum Gasteiger partial charge on any atom is -0.224 e.